The van der Waals surface area contributed by atoms with Gasteiger partial charge in [0.25, 0.3) is 0 Å². The van der Waals surface area contributed by atoms with E-state index in [9.17, 15) is 0 Å². The van der Waals surface area contributed by atoms with E-state index in [0.29, 0.717) is 0 Å². The third-order valence-corrected chi connectivity index (χ3v) is 3.44. The molecule has 0 spiro atoms. The summed E-state index contributed by atoms with van der Waals surface area (Å²) in [6.07, 6.45) is 5.30. The number of nitrogens with zero attached hydrogens (tertiary/aromatic N) is 2. The summed E-state index contributed by atoms with van der Waals surface area (Å²) in [6, 6.07) is 16.8. The van der Waals surface area contributed by atoms with E-state index in [1.54, 1.807) is 18.5 Å². The topological polar surface area (TPSA) is 25.8 Å². The summed E-state index contributed by atoms with van der Waals surface area (Å²) < 4.78 is 0. The minimum Gasteiger partial charge on any atom is -0.236 e. The third kappa shape index (κ3) is 2.90. The molecular weight excluding hydrogens is 256 g/mol. The first-order chi connectivity index (χ1) is 10.3. The maximum absolute atomic E-state index is 4.35. The maximum Gasteiger partial charge on any atom is 0.159 e. The Morgan fingerprint density at radius 2 is 1.24 bits per heavy atom. The molecule has 0 aliphatic rings. The van der Waals surface area contributed by atoms with E-state index in [2.05, 4.69) is 72.0 Å². The van der Waals surface area contributed by atoms with Crippen molar-refractivity contribution in [3.8, 4) is 22.5 Å². The summed E-state index contributed by atoms with van der Waals surface area (Å²) in [6.45, 7) is 5.80. The molecule has 0 saturated heterocycles. The van der Waals surface area contributed by atoms with Crippen molar-refractivity contribution in [2.45, 2.75) is 6.92 Å². The Morgan fingerprint density at radius 3 is 1.76 bits per heavy atom. The largest absolute Gasteiger partial charge is 0.236 e. The first kappa shape index (κ1) is 13.3. The monoisotopic (exact) mass is 272 g/mol. The molecule has 0 N–H and O–H groups in total. The Morgan fingerprint density at radius 1 is 0.762 bits per heavy atom. The van der Waals surface area contributed by atoms with Crippen LogP contribution in [0.3, 0.4) is 0 Å². The van der Waals surface area contributed by atoms with Gasteiger partial charge in [-0.05, 0) is 18.1 Å². The molecule has 2 aromatic carbocycles. The minimum atomic E-state index is 0.732. The molecule has 0 aliphatic carbocycles. The summed E-state index contributed by atoms with van der Waals surface area (Å²) in [5, 5.41) is 0. The molecule has 1 heterocycles. The lowest BCUT2D eigenvalue weighted by molar-refractivity contribution is 1.17. The number of aryl methyl sites for hydroxylation is 1. The van der Waals surface area contributed by atoms with Crippen LogP contribution >= 0.6 is 0 Å². The molecule has 0 radical (unpaired) electrons. The van der Waals surface area contributed by atoms with E-state index in [-0.39, 0.29) is 0 Å². The smallest absolute Gasteiger partial charge is 0.159 e. The van der Waals surface area contributed by atoms with Crippen molar-refractivity contribution in [1.82, 2.24) is 9.97 Å². The first-order valence-corrected chi connectivity index (χ1v) is 6.88. The average Bonchev–Trinajstić information content (AvgIpc) is 2.56. The van der Waals surface area contributed by atoms with Crippen LogP contribution < -0.4 is 0 Å². The van der Waals surface area contributed by atoms with Crippen LogP contribution in [0, 0.1) is 6.92 Å². The SMILES string of the molecule is C=Cc1cnc(-c2ccc(-c3ccc(C)cc3)cc2)nc1. The van der Waals surface area contributed by atoms with Gasteiger partial charge in [-0.2, -0.15) is 0 Å². The van der Waals surface area contributed by atoms with Gasteiger partial charge in [-0.3, -0.25) is 0 Å². The second-order valence-electron chi connectivity index (χ2n) is 4.99. The van der Waals surface area contributed by atoms with Crippen LogP contribution in [0.5, 0.6) is 0 Å². The molecule has 1 aromatic heterocycles. The number of aromatic nitrogens is 2. The molecule has 2 nitrogen and oxygen atoms in total. The molecule has 0 atom stereocenters. The van der Waals surface area contributed by atoms with Gasteiger partial charge in [-0.25, -0.2) is 9.97 Å². The zero-order chi connectivity index (χ0) is 14.7. The maximum atomic E-state index is 4.35. The fourth-order valence-corrected chi connectivity index (χ4v) is 2.15. The minimum absolute atomic E-state index is 0.732. The molecule has 0 saturated carbocycles. The zero-order valence-corrected chi connectivity index (χ0v) is 12.0. The molecule has 102 valence electrons. The lowest BCUT2D eigenvalue weighted by Crippen LogP contribution is -1.89. The van der Waals surface area contributed by atoms with Crippen LogP contribution in [0.25, 0.3) is 28.6 Å². The van der Waals surface area contributed by atoms with Crippen LogP contribution in [0.2, 0.25) is 0 Å². The predicted octanol–water partition coefficient (Wildman–Crippen LogP) is 4.76. The van der Waals surface area contributed by atoms with Crippen molar-refractivity contribution >= 4 is 6.08 Å². The van der Waals surface area contributed by atoms with Gasteiger partial charge in [-0.15, -0.1) is 0 Å². The Bertz CT molecular complexity index is 739. The van der Waals surface area contributed by atoms with E-state index in [1.165, 1.54) is 16.7 Å². The van der Waals surface area contributed by atoms with Gasteiger partial charge in [0.05, 0.1) is 0 Å². The number of hydrogen-bond donors (Lipinski definition) is 0. The van der Waals surface area contributed by atoms with Crippen LogP contribution in [0.15, 0.2) is 67.5 Å². The molecule has 2 heteroatoms. The fourth-order valence-electron chi connectivity index (χ4n) is 2.15. The summed E-state index contributed by atoms with van der Waals surface area (Å²) in [4.78, 5) is 8.70. The highest BCUT2D eigenvalue weighted by Gasteiger charge is 2.02. The third-order valence-electron chi connectivity index (χ3n) is 3.44. The van der Waals surface area contributed by atoms with Crippen molar-refractivity contribution < 1.29 is 0 Å². The van der Waals surface area contributed by atoms with Crippen LogP contribution in [0.4, 0.5) is 0 Å². The van der Waals surface area contributed by atoms with E-state index in [4.69, 9.17) is 0 Å². The van der Waals surface area contributed by atoms with Crippen LogP contribution in [-0.2, 0) is 0 Å². The van der Waals surface area contributed by atoms with Crippen molar-refractivity contribution in [2.75, 3.05) is 0 Å². The second-order valence-corrected chi connectivity index (χ2v) is 4.99. The van der Waals surface area contributed by atoms with Gasteiger partial charge in [-0.1, -0.05) is 66.7 Å². The Labute approximate surface area is 124 Å². The number of hydrogen-bond acceptors (Lipinski definition) is 2. The number of rotatable bonds is 3. The van der Waals surface area contributed by atoms with Gasteiger partial charge in [0.1, 0.15) is 0 Å². The van der Waals surface area contributed by atoms with Crippen LogP contribution in [-0.4, -0.2) is 9.97 Å². The molecule has 0 bridgehead atoms. The average molecular weight is 272 g/mol. The quantitative estimate of drug-likeness (QED) is 0.687. The van der Waals surface area contributed by atoms with Crippen LogP contribution in [0.1, 0.15) is 11.1 Å². The Hall–Kier alpha value is -2.74. The predicted molar refractivity (Wildman–Crippen MR) is 87.7 cm³/mol. The van der Waals surface area contributed by atoms with Crippen molar-refractivity contribution in [3.63, 3.8) is 0 Å². The van der Waals surface area contributed by atoms with E-state index in [0.717, 1.165) is 17.0 Å². The normalized spacial score (nSPS) is 10.3. The first-order valence-electron chi connectivity index (χ1n) is 6.88. The lowest BCUT2D eigenvalue weighted by Gasteiger charge is -2.04. The number of benzene rings is 2. The lowest BCUT2D eigenvalue weighted by atomic mass is 10.0. The molecular formula is C19H16N2. The van der Waals surface area contributed by atoms with Crippen molar-refractivity contribution in [2.24, 2.45) is 0 Å². The summed E-state index contributed by atoms with van der Waals surface area (Å²) in [7, 11) is 0. The van der Waals surface area contributed by atoms with Gasteiger partial charge in [0, 0.05) is 23.5 Å². The molecule has 3 rings (SSSR count). The molecule has 0 unspecified atom stereocenters. The van der Waals surface area contributed by atoms with E-state index >= 15 is 0 Å². The van der Waals surface area contributed by atoms with Gasteiger partial charge in [0.15, 0.2) is 5.82 Å². The van der Waals surface area contributed by atoms with E-state index in [1.807, 2.05) is 0 Å². The standard InChI is InChI=1S/C19H16N2/c1-3-15-12-20-19(21-13-15)18-10-8-17(9-11-18)16-6-4-14(2)5-7-16/h3-13H,1H2,2H3. The molecule has 0 aliphatic heterocycles. The highest BCUT2D eigenvalue weighted by molar-refractivity contribution is 5.68. The summed E-state index contributed by atoms with van der Waals surface area (Å²) in [5.74, 6) is 0.732. The summed E-state index contributed by atoms with van der Waals surface area (Å²) >= 11 is 0. The second kappa shape index (κ2) is 5.71. The highest BCUT2D eigenvalue weighted by Crippen LogP contribution is 2.23. The zero-order valence-electron chi connectivity index (χ0n) is 12.0. The molecule has 0 amide bonds. The van der Waals surface area contributed by atoms with Crippen molar-refractivity contribution in [3.05, 3.63) is 78.6 Å². The van der Waals surface area contributed by atoms with Gasteiger partial charge < -0.3 is 0 Å². The van der Waals surface area contributed by atoms with Gasteiger partial charge in [0.2, 0.25) is 0 Å². The molecule has 21 heavy (non-hydrogen) atoms. The van der Waals surface area contributed by atoms with Crippen molar-refractivity contribution in [1.29, 1.82) is 0 Å². The summed E-state index contributed by atoms with van der Waals surface area (Å²) in [5.41, 5.74) is 5.62. The fraction of sp³-hybridized carbons (Fsp3) is 0.0526. The molecule has 0 fully saturated rings. The Balaban J connectivity index is 1.89. The molecule has 3 aromatic rings. The van der Waals surface area contributed by atoms with Gasteiger partial charge >= 0.3 is 0 Å². The highest BCUT2D eigenvalue weighted by atomic mass is 14.9. The Kier molecular flexibility index (Phi) is 3.61. The van der Waals surface area contributed by atoms with E-state index < -0.39 is 0 Å².